The van der Waals surface area contributed by atoms with Crippen molar-refractivity contribution < 1.29 is 13.2 Å². The highest BCUT2D eigenvalue weighted by Gasteiger charge is 2.41. The Hall–Kier alpha value is -1.30. The summed E-state index contributed by atoms with van der Waals surface area (Å²) in [5.41, 5.74) is -0.400. The molecule has 0 spiro atoms. The second kappa shape index (κ2) is 6.23. The molecule has 1 aromatic heterocycles. The molecule has 0 radical (unpaired) electrons. The zero-order valence-corrected chi connectivity index (χ0v) is 11.2. The molecule has 2 N–H and O–H groups in total. The van der Waals surface area contributed by atoms with Crippen molar-refractivity contribution in [3.8, 4) is 0 Å². The highest BCUT2D eigenvalue weighted by atomic mass is 19.4. The average Bonchev–Trinajstić information content (AvgIpc) is 2.25. The largest absolute Gasteiger partial charge is 0.407 e. The van der Waals surface area contributed by atoms with Crippen molar-refractivity contribution in [2.45, 2.75) is 45.5 Å². The standard InChI is InChI=1S/C13H19F3N2O/c1-8(2)6-9(3)18-12(13(14,15)16)10-4-5-11(19)17-7-10/h4-5,7-9,12,18H,6H2,1-3H3,(H,17,19). The van der Waals surface area contributed by atoms with E-state index in [9.17, 15) is 18.0 Å². The van der Waals surface area contributed by atoms with Crippen molar-refractivity contribution in [3.05, 3.63) is 34.2 Å². The fourth-order valence-corrected chi connectivity index (χ4v) is 2.04. The Morgan fingerprint density at radius 3 is 2.32 bits per heavy atom. The molecule has 0 aliphatic carbocycles. The van der Waals surface area contributed by atoms with Crippen LogP contribution in [0.2, 0.25) is 0 Å². The second-order valence-electron chi connectivity index (χ2n) is 5.16. The number of aromatic amines is 1. The van der Waals surface area contributed by atoms with Crippen LogP contribution in [0.3, 0.4) is 0 Å². The third kappa shape index (κ3) is 5.06. The summed E-state index contributed by atoms with van der Waals surface area (Å²) in [6.45, 7) is 5.64. The summed E-state index contributed by atoms with van der Waals surface area (Å²) < 4.78 is 39.1. The van der Waals surface area contributed by atoms with Gasteiger partial charge in [0.2, 0.25) is 5.56 Å². The predicted octanol–water partition coefficient (Wildman–Crippen LogP) is 3.00. The molecule has 19 heavy (non-hydrogen) atoms. The minimum absolute atomic E-state index is 0.0164. The lowest BCUT2D eigenvalue weighted by atomic mass is 10.0. The summed E-state index contributed by atoms with van der Waals surface area (Å²) in [5, 5.41) is 2.58. The van der Waals surface area contributed by atoms with Crippen LogP contribution >= 0.6 is 0 Å². The number of alkyl halides is 3. The van der Waals surface area contributed by atoms with Gasteiger partial charge in [0.1, 0.15) is 6.04 Å². The Balaban J connectivity index is 2.90. The highest BCUT2D eigenvalue weighted by molar-refractivity contribution is 5.16. The van der Waals surface area contributed by atoms with Gasteiger partial charge in [-0.15, -0.1) is 0 Å². The summed E-state index contributed by atoms with van der Waals surface area (Å²) >= 11 is 0. The molecule has 0 saturated heterocycles. The van der Waals surface area contributed by atoms with Crippen LogP contribution in [-0.2, 0) is 0 Å². The monoisotopic (exact) mass is 276 g/mol. The van der Waals surface area contributed by atoms with E-state index in [4.69, 9.17) is 0 Å². The van der Waals surface area contributed by atoms with Gasteiger partial charge in [-0.05, 0) is 24.8 Å². The maximum Gasteiger partial charge on any atom is 0.407 e. The lowest BCUT2D eigenvalue weighted by Crippen LogP contribution is -2.40. The van der Waals surface area contributed by atoms with Gasteiger partial charge < -0.3 is 4.98 Å². The summed E-state index contributed by atoms with van der Waals surface area (Å²) in [6.07, 6.45) is -2.64. The summed E-state index contributed by atoms with van der Waals surface area (Å²) in [7, 11) is 0. The molecule has 3 nitrogen and oxygen atoms in total. The summed E-state index contributed by atoms with van der Waals surface area (Å²) in [4.78, 5) is 13.2. The fourth-order valence-electron chi connectivity index (χ4n) is 2.04. The van der Waals surface area contributed by atoms with Crippen molar-refractivity contribution in [1.82, 2.24) is 10.3 Å². The lowest BCUT2D eigenvalue weighted by molar-refractivity contribution is -0.159. The SMILES string of the molecule is CC(C)CC(C)NC(c1ccc(=O)[nH]c1)C(F)(F)F. The number of H-pyrrole nitrogens is 1. The lowest BCUT2D eigenvalue weighted by Gasteiger charge is -2.26. The van der Waals surface area contributed by atoms with Crippen molar-refractivity contribution in [2.24, 2.45) is 5.92 Å². The maximum absolute atomic E-state index is 13.0. The average molecular weight is 276 g/mol. The molecule has 2 unspecified atom stereocenters. The van der Waals surface area contributed by atoms with Gasteiger partial charge in [-0.25, -0.2) is 0 Å². The summed E-state index contributed by atoms with van der Waals surface area (Å²) in [6, 6.07) is 0.270. The van der Waals surface area contributed by atoms with E-state index in [2.05, 4.69) is 10.3 Å². The molecular weight excluding hydrogens is 257 g/mol. The number of halogens is 3. The normalized spacial score (nSPS) is 15.5. The Bertz CT molecular complexity index is 433. The molecule has 0 aliphatic heterocycles. The van der Waals surface area contributed by atoms with Crippen LogP contribution in [0.15, 0.2) is 23.1 Å². The van der Waals surface area contributed by atoms with Crippen molar-refractivity contribution in [2.75, 3.05) is 0 Å². The zero-order chi connectivity index (χ0) is 14.6. The molecule has 0 bridgehead atoms. The van der Waals surface area contributed by atoms with Crippen LogP contribution in [0.1, 0.15) is 38.8 Å². The van der Waals surface area contributed by atoms with E-state index in [1.54, 1.807) is 6.92 Å². The molecule has 108 valence electrons. The van der Waals surface area contributed by atoms with E-state index in [0.717, 1.165) is 12.3 Å². The van der Waals surface area contributed by atoms with Crippen molar-refractivity contribution in [3.63, 3.8) is 0 Å². The van der Waals surface area contributed by atoms with Gasteiger partial charge in [-0.2, -0.15) is 13.2 Å². The molecule has 2 atom stereocenters. The first kappa shape index (κ1) is 15.8. The van der Waals surface area contributed by atoms with Crippen molar-refractivity contribution in [1.29, 1.82) is 0 Å². The molecule has 1 heterocycles. The maximum atomic E-state index is 13.0. The number of aromatic nitrogens is 1. The first-order valence-electron chi connectivity index (χ1n) is 6.21. The third-order valence-electron chi connectivity index (χ3n) is 2.75. The van der Waals surface area contributed by atoms with Gasteiger partial charge in [0.15, 0.2) is 0 Å². The Kier molecular flexibility index (Phi) is 5.17. The van der Waals surface area contributed by atoms with Crippen LogP contribution in [0.4, 0.5) is 13.2 Å². The van der Waals surface area contributed by atoms with Crippen LogP contribution in [-0.4, -0.2) is 17.2 Å². The Morgan fingerprint density at radius 2 is 1.89 bits per heavy atom. The van der Waals surface area contributed by atoms with E-state index >= 15 is 0 Å². The molecule has 1 rings (SSSR count). The zero-order valence-electron chi connectivity index (χ0n) is 11.2. The molecule has 0 saturated carbocycles. The van der Waals surface area contributed by atoms with E-state index in [-0.39, 0.29) is 11.6 Å². The van der Waals surface area contributed by atoms with E-state index < -0.39 is 17.8 Å². The van der Waals surface area contributed by atoms with Crippen LogP contribution in [0, 0.1) is 5.92 Å². The van der Waals surface area contributed by atoms with Crippen LogP contribution in [0.25, 0.3) is 0 Å². The van der Waals surface area contributed by atoms with Crippen LogP contribution in [0.5, 0.6) is 0 Å². The highest BCUT2D eigenvalue weighted by Crippen LogP contribution is 2.32. The molecule has 1 aromatic rings. The van der Waals surface area contributed by atoms with Gasteiger partial charge in [-0.1, -0.05) is 19.9 Å². The molecule has 0 amide bonds. The number of pyridine rings is 1. The first-order chi connectivity index (χ1) is 8.70. The van der Waals surface area contributed by atoms with Gasteiger partial charge in [0.25, 0.3) is 0 Å². The van der Waals surface area contributed by atoms with Gasteiger partial charge in [-0.3, -0.25) is 10.1 Å². The second-order valence-corrected chi connectivity index (χ2v) is 5.16. The predicted molar refractivity (Wildman–Crippen MR) is 67.9 cm³/mol. The van der Waals surface area contributed by atoms with E-state index in [0.29, 0.717) is 12.3 Å². The van der Waals surface area contributed by atoms with E-state index in [1.807, 2.05) is 13.8 Å². The Morgan fingerprint density at radius 1 is 1.26 bits per heavy atom. The number of nitrogens with one attached hydrogen (secondary N) is 2. The quantitative estimate of drug-likeness (QED) is 0.868. The first-order valence-corrected chi connectivity index (χ1v) is 6.21. The van der Waals surface area contributed by atoms with Gasteiger partial charge in [0, 0.05) is 18.3 Å². The van der Waals surface area contributed by atoms with Crippen molar-refractivity contribution >= 4 is 0 Å². The minimum atomic E-state index is -4.40. The number of rotatable bonds is 5. The Labute approximate surface area is 110 Å². The van der Waals surface area contributed by atoms with Crippen LogP contribution < -0.4 is 10.9 Å². The summed E-state index contributed by atoms with van der Waals surface area (Å²) in [5.74, 6) is 0.312. The third-order valence-corrected chi connectivity index (χ3v) is 2.75. The van der Waals surface area contributed by atoms with E-state index in [1.165, 1.54) is 6.07 Å². The molecule has 0 aromatic carbocycles. The smallest absolute Gasteiger partial charge is 0.329 e. The fraction of sp³-hybridized carbons (Fsp3) is 0.615. The molecule has 0 fully saturated rings. The van der Waals surface area contributed by atoms with Gasteiger partial charge in [0.05, 0.1) is 0 Å². The minimum Gasteiger partial charge on any atom is -0.329 e. The number of hydrogen-bond donors (Lipinski definition) is 2. The van der Waals surface area contributed by atoms with Gasteiger partial charge >= 0.3 is 6.18 Å². The topological polar surface area (TPSA) is 44.9 Å². The molecular formula is C13H19F3N2O. The number of hydrogen-bond acceptors (Lipinski definition) is 2. The molecule has 6 heteroatoms. The molecule has 0 aliphatic rings.